The number of rotatable bonds is 3. The van der Waals surface area contributed by atoms with Crippen LogP contribution in [0.2, 0.25) is 0 Å². The predicted molar refractivity (Wildman–Crippen MR) is 70.4 cm³/mol. The number of hydrogen-bond donors (Lipinski definition) is 1. The second-order valence-electron chi connectivity index (χ2n) is 5.76. The summed E-state index contributed by atoms with van der Waals surface area (Å²) >= 11 is 0. The monoisotopic (exact) mass is 277 g/mol. The van der Waals surface area contributed by atoms with E-state index in [2.05, 4.69) is 0 Å². The molecule has 1 aromatic carbocycles. The number of carbonyl (C=O) groups is 2. The lowest BCUT2D eigenvalue weighted by Crippen LogP contribution is -2.45. The van der Waals surface area contributed by atoms with Crippen molar-refractivity contribution in [3.63, 3.8) is 0 Å². The molecule has 1 unspecified atom stereocenters. The van der Waals surface area contributed by atoms with Gasteiger partial charge in [0.1, 0.15) is 12.7 Å². The fourth-order valence-corrected chi connectivity index (χ4v) is 3.00. The van der Waals surface area contributed by atoms with Crippen molar-refractivity contribution >= 4 is 11.9 Å². The highest BCUT2D eigenvalue weighted by Crippen LogP contribution is 2.52. The SMILES string of the molecule is CC(F)c1ccc2c(c1)C1(CC1)CN(CC(=O)O)C2=O. The molecule has 0 saturated heterocycles. The van der Waals surface area contributed by atoms with Crippen molar-refractivity contribution < 1.29 is 19.1 Å². The van der Waals surface area contributed by atoms with Gasteiger partial charge in [0.2, 0.25) is 0 Å². The van der Waals surface area contributed by atoms with Gasteiger partial charge in [0.05, 0.1) is 0 Å². The van der Waals surface area contributed by atoms with Crippen molar-refractivity contribution in [1.29, 1.82) is 0 Å². The summed E-state index contributed by atoms with van der Waals surface area (Å²) in [6.07, 6.45) is 0.782. The Balaban J connectivity index is 2.03. The lowest BCUT2D eigenvalue weighted by Gasteiger charge is -2.34. The first-order valence-corrected chi connectivity index (χ1v) is 6.72. The van der Waals surface area contributed by atoms with E-state index in [0.717, 1.165) is 18.4 Å². The van der Waals surface area contributed by atoms with E-state index in [-0.39, 0.29) is 17.9 Å². The molecule has 1 atom stereocenters. The maximum Gasteiger partial charge on any atom is 0.323 e. The molecule has 1 saturated carbocycles. The Bertz CT molecular complexity index is 593. The molecular formula is C15H16FNO3. The Hall–Kier alpha value is -1.91. The molecule has 1 aliphatic heterocycles. The second kappa shape index (κ2) is 4.30. The topological polar surface area (TPSA) is 57.6 Å². The van der Waals surface area contributed by atoms with Crippen LogP contribution in [-0.4, -0.2) is 35.0 Å². The lowest BCUT2D eigenvalue weighted by molar-refractivity contribution is -0.137. The highest BCUT2D eigenvalue weighted by atomic mass is 19.1. The summed E-state index contributed by atoms with van der Waals surface area (Å²) in [4.78, 5) is 24.6. The molecule has 20 heavy (non-hydrogen) atoms. The van der Waals surface area contributed by atoms with E-state index in [1.54, 1.807) is 18.2 Å². The van der Waals surface area contributed by atoms with Crippen LogP contribution in [0.3, 0.4) is 0 Å². The molecule has 106 valence electrons. The first-order chi connectivity index (χ1) is 9.43. The predicted octanol–water partition coefficient (Wildman–Crippen LogP) is 2.29. The molecule has 1 aromatic rings. The number of carboxylic acid groups (broad SMARTS) is 1. The molecule has 1 aliphatic carbocycles. The van der Waals surface area contributed by atoms with Crippen molar-refractivity contribution in [3.05, 3.63) is 34.9 Å². The summed E-state index contributed by atoms with van der Waals surface area (Å²) in [5.74, 6) is -1.27. The van der Waals surface area contributed by atoms with Crippen LogP contribution in [-0.2, 0) is 10.2 Å². The maximum absolute atomic E-state index is 13.4. The Morgan fingerprint density at radius 2 is 2.20 bits per heavy atom. The van der Waals surface area contributed by atoms with Crippen molar-refractivity contribution in [2.75, 3.05) is 13.1 Å². The van der Waals surface area contributed by atoms with Crippen LogP contribution >= 0.6 is 0 Å². The minimum absolute atomic E-state index is 0.149. The van der Waals surface area contributed by atoms with Crippen LogP contribution in [0, 0.1) is 0 Å². The molecule has 1 heterocycles. The van der Waals surface area contributed by atoms with E-state index in [9.17, 15) is 14.0 Å². The summed E-state index contributed by atoms with van der Waals surface area (Å²) in [7, 11) is 0. The number of aliphatic carboxylic acids is 1. The van der Waals surface area contributed by atoms with E-state index >= 15 is 0 Å². The van der Waals surface area contributed by atoms with E-state index < -0.39 is 12.1 Å². The summed E-state index contributed by atoms with van der Waals surface area (Å²) in [6.45, 7) is 1.62. The molecule has 1 N–H and O–H groups in total. The number of nitrogens with zero attached hydrogens (tertiary/aromatic N) is 1. The second-order valence-corrected chi connectivity index (χ2v) is 5.76. The van der Waals surface area contributed by atoms with Gasteiger partial charge in [0.15, 0.2) is 0 Å². The van der Waals surface area contributed by atoms with Gasteiger partial charge in [-0.25, -0.2) is 4.39 Å². The summed E-state index contributed by atoms with van der Waals surface area (Å²) in [5.41, 5.74) is 1.85. The molecule has 1 fully saturated rings. The third-order valence-corrected chi connectivity index (χ3v) is 4.27. The van der Waals surface area contributed by atoms with Gasteiger partial charge >= 0.3 is 5.97 Å². The number of halogens is 1. The number of fused-ring (bicyclic) bond motifs is 2. The van der Waals surface area contributed by atoms with Crippen LogP contribution < -0.4 is 0 Å². The number of hydrogen-bond acceptors (Lipinski definition) is 2. The molecule has 1 spiro atoms. The van der Waals surface area contributed by atoms with Crippen molar-refractivity contribution in [2.45, 2.75) is 31.4 Å². The summed E-state index contributed by atoms with van der Waals surface area (Å²) < 4.78 is 13.4. The van der Waals surface area contributed by atoms with Gasteiger partial charge in [-0.1, -0.05) is 12.1 Å². The summed E-state index contributed by atoms with van der Waals surface area (Å²) in [5, 5.41) is 8.90. The Labute approximate surface area is 116 Å². The van der Waals surface area contributed by atoms with Gasteiger partial charge in [-0.15, -0.1) is 0 Å². The van der Waals surface area contributed by atoms with Crippen LogP contribution in [0.4, 0.5) is 4.39 Å². The molecule has 3 rings (SSSR count). The first-order valence-electron chi connectivity index (χ1n) is 6.72. The Morgan fingerprint density at radius 1 is 1.50 bits per heavy atom. The molecule has 0 bridgehead atoms. The fraction of sp³-hybridized carbons (Fsp3) is 0.467. The largest absolute Gasteiger partial charge is 0.480 e. The molecular weight excluding hydrogens is 261 g/mol. The van der Waals surface area contributed by atoms with Gasteiger partial charge in [-0.05, 0) is 37.0 Å². The number of alkyl halides is 1. The van der Waals surface area contributed by atoms with Crippen molar-refractivity contribution in [3.8, 4) is 0 Å². The molecule has 1 amide bonds. The molecule has 4 nitrogen and oxygen atoms in total. The average molecular weight is 277 g/mol. The molecule has 0 aromatic heterocycles. The first kappa shape index (κ1) is 13.1. The van der Waals surface area contributed by atoms with E-state index in [4.69, 9.17) is 5.11 Å². The van der Waals surface area contributed by atoms with Gasteiger partial charge in [-0.2, -0.15) is 0 Å². The average Bonchev–Trinajstić information content (AvgIpc) is 3.15. The maximum atomic E-state index is 13.4. The standard InChI is InChI=1S/C15H16FNO3/c1-9(16)10-2-3-11-12(6-10)15(4-5-15)8-17(14(11)20)7-13(18)19/h2-3,6,9H,4-5,7-8H2,1H3,(H,18,19). The highest BCUT2D eigenvalue weighted by Gasteiger charge is 2.51. The normalized spacial score (nSPS) is 20.7. The van der Waals surface area contributed by atoms with Gasteiger partial charge in [-0.3, -0.25) is 9.59 Å². The fourth-order valence-electron chi connectivity index (χ4n) is 3.00. The molecule has 2 aliphatic rings. The number of benzene rings is 1. The Kier molecular flexibility index (Phi) is 2.81. The van der Waals surface area contributed by atoms with Gasteiger partial charge in [0, 0.05) is 17.5 Å². The van der Waals surface area contributed by atoms with E-state index in [0.29, 0.717) is 17.7 Å². The van der Waals surface area contributed by atoms with E-state index in [1.165, 1.54) is 11.8 Å². The number of amides is 1. The summed E-state index contributed by atoms with van der Waals surface area (Å²) in [6, 6.07) is 5.03. The quantitative estimate of drug-likeness (QED) is 0.922. The third kappa shape index (κ3) is 1.97. The minimum atomic E-state index is -1.07. The molecule has 0 radical (unpaired) electrons. The lowest BCUT2D eigenvalue weighted by atomic mass is 9.85. The third-order valence-electron chi connectivity index (χ3n) is 4.27. The Morgan fingerprint density at radius 3 is 2.75 bits per heavy atom. The number of carbonyl (C=O) groups excluding carboxylic acids is 1. The number of carboxylic acids is 1. The van der Waals surface area contributed by atoms with Crippen molar-refractivity contribution in [1.82, 2.24) is 4.90 Å². The van der Waals surface area contributed by atoms with Crippen LogP contribution in [0.5, 0.6) is 0 Å². The zero-order valence-electron chi connectivity index (χ0n) is 11.2. The smallest absolute Gasteiger partial charge is 0.323 e. The van der Waals surface area contributed by atoms with Crippen LogP contribution in [0.1, 0.15) is 47.4 Å². The van der Waals surface area contributed by atoms with Gasteiger partial charge < -0.3 is 10.0 Å². The highest BCUT2D eigenvalue weighted by molar-refractivity contribution is 5.99. The zero-order valence-corrected chi connectivity index (χ0v) is 11.2. The minimum Gasteiger partial charge on any atom is -0.480 e. The van der Waals surface area contributed by atoms with E-state index in [1.807, 2.05) is 0 Å². The molecule has 5 heteroatoms. The zero-order chi connectivity index (χ0) is 14.5. The van der Waals surface area contributed by atoms with Crippen LogP contribution in [0.25, 0.3) is 0 Å². The van der Waals surface area contributed by atoms with Crippen molar-refractivity contribution in [2.24, 2.45) is 0 Å². The van der Waals surface area contributed by atoms with Gasteiger partial charge in [0.25, 0.3) is 5.91 Å². The van der Waals surface area contributed by atoms with Crippen LogP contribution in [0.15, 0.2) is 18.2 Å².